The first kappa shape index (κ1) is 12.9. The lowest BCUT2D eigenvalue weighted by Crippen LogP contribution is -2.11. The lowest BCUT2D eigenvalue weighted by atomic mass is 9.81. The number of halogens is 1. The van der Waals surface area contributed by atoms with Crippen LogP contribution in [-0.4, -0.2) is 16.3 Å². The second kappa shape index (κ2) is 5.17. The molecule has 110 valence electrons. The van der Waals surface area contributed by atoms with Crippen LogP contribution >= 0.6 is 0 Å². The first-order valence-electron chi connectivity index (χ1n) is 7.94. The zero-order chi connectivity index (χ0) is 14.2. The highest BCUT2D eigenvalue weighted by Gasteiger charge is 2.29. The zero-order valence-electron chi connectivity index (χ0n) is 12.1. The van der Waals surface area contributed by atoms with E-state index in [1.807, 2.05) is 4.68 Å². The molecular formula is C17H20FN3. The molecule has 4 rings (SSSR count). The second-order valence-electron chi connectivity index (χ2n) is 6.11. The molecule has 1 aliphatic heterocycles. The smallest absolute Gasteiger partial charge is 0.133 e. The predicted octanol–water partition coefficient (Wildman–Crippen LogP) is 4.03. The largest absolute Gasteiger partial charge is 0.370 e. The Morgan fingerprint density at radius 3 is 2.62 bits per heavy atom. The summed E-state index contributed by atoms with van der Waals surface area (Å²) < 4.78 is 15.1. The normalized spacial score (nSPS) is 18.5. The van der Waals surface area contributed by atoms with Crippen molar-refractivity contribution < 1.29 is 4.39 Å². The Bertz CT molecular complexity index is 641. The maximum Gasteiger partial charge on any atom is 0.133 e. The third-order valence-electron chi connectivity index (χ3n) is 4.72. The standard InChI is InChI=1S/C17H20FN3/c18-13-7-9-14(10-8-13)21-17-15(6-1-2-11-19-17)16(20-21)12-4-3-5-12/h7-10,12,19H,1-6,11H2. The van der Waals surface area contributed by atoms with E-state index in [1.54, 1.807) is 12.1 Å². The van der Waals surface area contributed by atoms with E-state index in [4.69, 9.17) is 5.10 Å². The van der Waals surface area contributed by atoms with Crippen LogP contribution in [0.3, 0.4) is 0 Å². The summed E-state index contributed by atoms with van der Waals surface area (Å²) in [5.74, 6) is 1.55. The van der Waals surface area contributed by atoms with Gasteiger partial charge in [0.2, 0.25) is 0 Å². The van der Waals surface area contributed by atoms with Crippen LogP contribution in [0.5, 0.6) is 0 Å². The van der Waals surface area contributed by atoms with Gasteiger partial charge in [0.25, 0.3) is 0 Å². The average molecular weight is 285 g/mol. The van der Waals surface area contributed by atoms with Crippen molar-refractivity contribution in [2.45, 2.75) is 44.4 Å². The third-order valence-corrected chi connectivity index (χ3v) is 4.72. The molecule has 0 amide bonds. The first-order chi connectivity index (χ1) is 10.3. The zero-order valence-corrected chi connectivity index (χ0v) is 12.1. The van der Waals surface area contributed by atoms with Gasteiger partial charge in [-0.3, -0.25) is 0 Å². The fraction of sp³-hybridized carbons (Fsp3) is 0.471. The van der Waals surface area contributed by atoms with Gasteiger partial charge in [-0.2, -0.15) is 5.10 Å². The van der Waals surface area contributed by atoms with Crippen LogP contribution in [0, 0.1) is 5.82 Å². The molecule has 2 aliphatic rings. The Kier molecular flexibility index (Phi) is 3.17. The Balaban J connectivity index is 1.82. The molecule has 2 heterocycles. The minimum atomic E-state index is -0.204. The van der Waals surface area contributed by atoms with E-state index in [0.29, 0.717) is 5.92 Å². The number of hydrogen-bond acceptors (Lipinski definition) is 2. The minimum Gasteiger partial charge on any atom is -0.370 e. The van der Waals surface area contributed by atoms with Gasteiger partial charge < -0.3 is 5.32 Å². The van der Waals surface area contributed by atoms with Crippen LogP contribution in [0.2, 0.25) is 0 Å². The summed E-state index contributed by atoms with van der Waals surface area (Å²) in [6.07, 6.45) is 7.35. The molecule has 21 heavy (non-hydrogen) atoms. The third kappa shape index (κ3) is 2.23. The molecule has 0 radical (unpaired) electrons. The summed E-state index contributed by atoms with van der Waals surface area (Å²) in [5.41, 5.74) is 3.60. The molecule has 0 atom stereocenters. The Morgan fingerprint density at radius 2 is 1.90 bits per heavy atom. The number of benzene rings is 1. The summed E-state index contributed by atoms with van der Waals surface area (Å²) in [7, 11) is 0. The van der Waals surface area contributed by atoms with Crippen LogP contribution in [-0.2, 0) is 6.42 Å². The molecule has 0 spiro atoms. The molecule has 2 aromatic rings. The summed E-state index contributed by atoms with van der Waals surface area (Å²) in [5, 5.41) is 8.42. The molecule has 3 nitrogen and oxygen atoms in total. The van der Waals surface area contributed by atoms with Crippen molar-refractivity contribution in [1.82, 2.24) is 9.78 Å². The average Bonchev–Trinajstić information content (AvgIpc) is 2.63. The summed E-state index contributed by atoms with van der Waals surface area (Å²) >= 11 is 0. The highest BCUT2D eigenvalue weighted by atomic mass is 19.1. The van der Waals surface area contributed by atoms with Crippen LogP contribution in [0.15, 0.2) is 24.3 Å². The lowest BCUT2D eigenvalue weighted by molar-refractivity contribution is 0.406. The molecule has 1 aromatic carbocycles. The van der Waals surface area contributed by atoms with E-state index in [1.165, 1.54) is 55.5 Å². The minimum absolute atomic E-state index is 0.204. The van der Waals surface area contributed by atoms with Gasteiger partial charge in [-0.05, 0) is 56.4 Å². The van der Waals surface area contributed by atoms with E-state index in [9.17, 15) is 4.39 Å². The highest BCUT2D eigenvalue weighted by Crippen LogP contribution is 2.41. The van der Waals surface area contributed by atoms with E-state index in [2.05, 4.69) is 5.32 Å². The van der Waals surface area contributed by atoms with Gasteiger partial charge >= 0.3 is 0 Å². The van der Waals surface area contributed by atoms with Crippen molar-refractivity contribution >= 4 is 5.82 Å². The SMILES string of the molecule is Fc1ccc(-n2nc(C3CCC3)c3c2NCCCC3)cc1. The van der Waals surface area contributed by atoms with E-state index < -0.39 is 0 Å². The highest BCUT2D eigenvalue weighted by molar-refractivity contribution is 5.55. The van der Waals surface area contributed by atoms with Gasteiger partial charge in [0, 0.05) is 18.0 Å². The fourth-order valence-electron chi connectivity index (χ4n) is 3.31. The summed E-state index contributed by atoms with van der Waals surface area (Å²) in [6, 6.07) is 6.62. The fourth-order valence-corrected chi connectivity index (χ4v) is 3.31. The molecule has 1 N–H and O–H groups in total. The lowest BCUT2D eigenvalue weighted by Gasteiger charge is -2.24. The molecule has 1 aliphatic carbocycles. The molecule has 1 saturated carbocycles. The summed E-state index contributed by atoms with van der Waals surface area (Å²) in [4.78, 5) is 0. The van der Waals surface area contributed by atoms with Crippen molar-refractivity contribution in [2.75, 3.05) is 11.9 Å². The molecular weight excluding hydrogens is 265 g/mol. The van der Waals surface area contributed by atoms with Gasteiger partial charge in [0.1, 0.15) is 11.6 Å². The van der Waals surface area contributed by atoms with Crippen LogP contribution in [0.1, 0.15) is 49.3 Å². The van der Waals surface area contributed by atoms with Crippen LogP contribution < -0.4 is 5.32 Å². The Labute approximate surface area is 124 Å². The first-order valence-corrected chi connectivity index (χ1v) is 7.94. The maximum atomic E-state index is 13.2. The van der Waals surface area contributed by atoms with Gasteiger partial charge in [0.15, 0.2) is 0 Å². The Morgan fingerprint density at radius 1 is 1.10 bits per heavy atom. The van der Waals surface area contributed by atoms with Crippen LogP contribution in [0.25, 0.3) is 5.69 Å². The predicted molar refractivity (Wildman–Crippen MR) is 81.5 cm³/mol. The topological polar surface area (TPSA) is 29.9 Å². The Hall–Kier alpha value is -1.84. The molecule has 4 heteroatoms. The van der Waals surface area contributed by atoms with E-state index >= 15 is 0 Å². The monoisotopic (exact) mass is 285 g/mol. The van der Waals surface area contributed by atoms with Crippen LogP contribution in [0.4, 0.5) is 10.2 Å². The molecule has 1 fully saturated rings. The number of hydrogen-bond donors (Lipinski definition) is 1. The number of rotatable bonds is 2. The molecule has 1 aromatic heterocycles. The quantitative estimate of drug-likeness (QED) is 0.903. The number of nitrogens with one attached hydrogen (secondary N) is 1. The summed E-state index contributed by atoms with van der Waals surface area (Å²) in [6.45, 7) is 0.990. The van der Waals surface area contributed by atoms with Crippen molar-refractivity contribution in [2.24, 2.45) is 0 Å². The molecule has 0 unspecified atom stereocenters. The van der Waals surface area contributed by atoms with Gasteiger partial charge in [-0.25, -0.2) is 9.07 Å². The van der Waals surface area contributed by atoms with Gasteiger partial charge in [-0.1, -0.05) is 6.42 Å². The van der Waals surface area contributed by atoms with Crippen molar-refractivity contribution in [3.05, 3.63) is 41.3 Å². The van der Waals surface area contributed by atoms with Crippen molar-refractivity contribution in [1.29, 1.82) is 0 Å². The number of anilines is 1. The second-order valence-corrected chi connectivity index (χ2v) is 6.11. The number of aromatic nitrogens is 2. The molecule has 0 bridgehead atoms. The van der Waals surface area contributed by atoms with Crippen molar-refractivity contribution in [3.63, 3.8) is 0 Å². The number of fused-ring (bicyclic) bond motifs is 1. The molecule has 0 saturated heterocycles. The van der Waals surface area contributed by atoms with E-state index in [0.717, 1.165) is 24.5 Å². The van der Waals surface area contributed by atoms with E-state index in [-0.39, 0.29) is 5.82 Å². The van der Waals surface area contributed by atoms with Crippen molar-refractivity contribution in [3.8, 4) is 5.69 Å². The van der Waals surface area contributed by atoms with Gasteiger partial charge in [-0.15, -0.1) is 0 Å². The maximum absolute atomic E-state index is 13.2. The van der Waals surface area contributed by atoms with Gasteiger partial charge in [0.05, 0.1) is 11.4 Å². The number of nitrogens with zero attached hydrogens (tertiary/aromatic N) is 2.